The number of carbonyl (C=O) groups excluding carboxylic acids is 1. The van der Waals surface area contributed by atoms with Gasteiger partial charge in [0.25, 0.3) is 0 Å². The van der Waals surface area contributed by atoms with Crippen molar-refractivity contribution in [3.05, 3.63) is 35.9 Å². The molecular weight excluding hydrogens is 276 g/mol. The highest BCUT2D eigenvalue weighted by Gasteiger charge is 2.27. The summed E-state index contributed by atoms with van der Waals surface area (Å²) in [6.07, 6.45) is 5.73. The number of Topliss-reactive ketones (excluding diaryl/α,β-unsaturated/α-hetero) is 1. The summed E-state index contributed by atoms with van der Waals surface area (Å²) in [5.74, 6) is 0.518. The van der Waals surface area contributed by atoms with E-state index in [9.17, 15) is 4.79 Å². The van der Waals surface area contributed by atoms with Crippen molar-refractivity contribution in [2.45, 2.75) is 71.0 Å². The number of hydrogen-bond donors (Lipinski definition) is 0. The molecule has 22 heavy (non-hydrogen) atoms. The van der Waals surface area contributed by atoms with Crippen LogP contribution in [-0.4, -0.2) is 11.4 Å². The molecule has 1 fully saturated rings. The number of ketones is 1. The lowest BCUT2D eigenvalue weighted by atomic mass is 9.84. The SMILES string of the molecule is CC(C)(C)OOC(CC(=O)C1CCCCC1)c1ccccc1. The molecule has 1 aromatic rings. The van der Waals surface area contributed by atoms with Gasteiger partial charge in [-0.15, -0.1) is 0 Å². The van der Waals surface area contributed by atoms with E-state index in [0.29, 0.717) is 12.2 Å². The van der Waals surface area contributed by atoms with Gasteiger partial charge in [-0.05, 0) is 39.2 Å². The van der Waals surface area contributed by atoms with E-state index in [0.717, 1.165) is 18.4 Å². The van der Waals surface area contributed by atoms with Gasteiger partial charge in [0, 0.05) is 12.3 Å². The van der Waals surface area contributed by atoms with Crippen molar-refractivity contribution in [1.82, 2.24) is 0 Å². The third-order valence-electron chi connectivity index (χ3n) is 4.03. The van der Waals surface area contributed by atoms with E-state index in [1.54, 1.807) is 0 Å². The van der Waals surface area contributed by atoms with Crippen molar-refractivity contribution in [3.8, 4) is 0 Å². The fraction of sp³-hybridized carbons (Fsp3) is 0.632. The van der Waals surface area contributed by atoms with Gasteiger partial charge < -0.3 is 0 Å². The fourth-order valence-electron chi connectivity index (χ4n) is 2.85. The Hall–Kier alpha value is -1.19. The Bertz CT molecular complexity index is 455. The molecule has 1 aliphatic rings. The van der Waals surface area contributed by atoms with Crippen LogP contribution in [0.5, 0.6) is 0 Å². The predicted molar refractivity (Wildman–Crippen MR) is 87.3 cm³/mol. The molecule has 0 N–H and O–H groups in total. The Kier molecular flexibility index (Phi) is 6.16. The topological polar surface area (TPSA) is 35.5 Å². The molecule has 0 saturated heterocycles. The number of rotatable bonds is 6. The molecule has 0 aromatic heterocycles. The van der Waals surface area contributed by atoms with Gasteiger partial charge in [0.05, 0.1) is 5.60 Å². The second-order valence-electron chi connectivity index (χ2n) is 7.20. The highest BCUT2D eigenvalue weighted by atomic mass is 17.2. The molecule has 0 spiro atoms. The zero-order chi connectivity index (χ0) is 16.0. The van der Waals surface area contributed by atoms with Crippen molar-refractivity contribution in [3.63, 3.8) is 0 Å². The first-order valence-electron chi connectivity index (χ1n) is 8.38. The monoisotopic (exact) mass is 304 g/mol. The van der Waals surface area contributed by atoms with Gasteiger partial charge in [0.1, 0.15) is 11.9 Å². The molecule has 1 aromatic carbocycles. The molecule has 1 unspecified atom stereocenters. The van der Waals surface area contributed by atoms with E-state index in [-0.39, 0.29) is 17.6 Å². The molecule has 0 radical (unpaired) electrons. The lowest BCUT2D eigenvalue weighted by Crippen LogP contribution is -2.24. The summed E-state index contributed by atoms with van der Waals surface area (Å²) in [6.45, 7) is 5.83. The summed E-state index contributed by atoms with van der Waals surface area (Å²) in [5, 5.41) is 0. The minimum atomic E-state index is -0.388. The molecule has 0 bridgehead atoms. The minimum Gasteiger partial charge on any atom is -0.299 e. The number of benzene rings is 1. The summed E-state index contributed by atoms with van der Waals surface area (Å²) in [4.78, 5) is 23.7. The Morgan fingerprint density at radius 1 is 1.14 bits per heavy atom. The zero-order valence-corrected chi connectivity index (χ0v) is 14.0. The maximum atomic E-state index is 12.6. The first kappa shape index (κ1) is 17.2. The van der Waals surface area contributed by atoms with Crippen LogP contribution in [0.15, 0.2) is 30.3 Å². The van der Waals surface area contributed by atoms with Crippen LogP contribution in [0.3, 0.4) is 0 Å². The second kappa shape index (κ2) is 7.89. The Balaban J connectivity index is 2.02. The van der Waals surface area contributed by atoms with E-state index in [4.69, 9.17) is 9.78 Å². The molecule has 1 aliphatic carbocycles. The van der Waals surface area contributed by atoms with Gasteiger partial charge in [-0.2, -0.15) is 0 Å². The summed E-state index contributed by atoms with van der Waals surface area (Å²) in [6, 6.07) is 9.88. The molecule has 3 heteroatoms. The van der Waals surface area contributed by atoms with Gasteiger partial charge in [-0.1, -0.05) is 49.6 Å². The predicted octanol–water partition coefficient (Wildman–Crippen LogP) is 5.01. The van der Waals surface area contributed by atoms with Crippen LogP contribution in [0, 0.1) is 5.92 Å². The van der Waals surface area contributed by atoms with Crippen LogP contribution in [-0.2, 0) is 14.6 Å². The van der Waals surface area contributed by atoms with Crippen molar-refractivity contribution < 1.29 is 14.6 Å². The van der Waals surface area contributed by atoms with Gasteiger partial charge in [0.2, 0.25) is 0 Å². The first-order valence-corrected chi connectivity index (χ1v) is 8.38. The van der Waals surface area contributed by atoms with Crippen molar-refractivity contribution >= 4 is 5.78 Å². The van der Waals surface area contributed by atoms with Crippen molar-refractivity contribution in [2.75, 3.05) is 0 Å². The minimum absolute atomic E-state index is 0.207. The molecule has 2 rings (SSSR count). The summed E-state index contributed by atoms with van der Waals surface area (Å²) < 4.78 is 0. The van der Waals surface area contributed by atoms with Crippen LogP contribution in [0.1, 0.15) is 71.0 Å². The summed E-state index contributed by atoms with van der Waals surface area (Å²) in [7, 11) is 0. The van der Waals surface area contributed by atoms with Crippen molar-refractivity contribution in [2.24, 2.45) is 5.92 Å². The maximum absolute atomic E-state index is 12.6. The standard InChI is InChI=1S/C19H28O3/c1-19(2,3)22-21-18(16-12-8-5-9-13-16)14-17(20)15-10-6-4-7-11-15/h5,8-9,12-13,15,18H,4,6-7,10-11,14H2,1-3H3. The lowest BCUT2D eigenvalue weighted by Gasteiger charge is -2.26. The van der Waals surface area contributed by atoms with E-state index in [1.807, 2.05) is 51.1 Å². The second-order valence-corrected chi connectivity index (χ2v) is 7.20. The lowest BCUT2D eigenvalue weighted by molar-refractivity contribution is -0.375. The molecule has 3 nitrogen and oxygen atoms in total. The van der Waals surface area contributed by atoms with Crippen LogP contribution in [0.4, 0.5) is 0 Å². The van der Waals surface area contributed by atoms with Crippen LogP contribution in [0.2, 0.25) is 0 Å². The molecular formula is C19H28O3. The van der Waals surface area contributed by atoms with Crippen LogP contribution >= 0.6 is 0 Å². The molecule has 0 heterocycles. The van der Waals surface area contributed by atoms with E-state index >= 15 is 0 Å². The highest BCUT2D eigenvalue weighted by Crippen LogP contribution is 2.30. The normalized spacial score (nSPS) is 18.1. The summed E-state index contributed by atoms with van der Waals surface area (Å²) in [5.41, 5.74) is 0.608. The Morgan fingerprint density at radius 3 is 2.36 bits per heavy atom. The maximum Gasteiger partial charge on any atom is 0.139 e. The van der Waals surface area contributed by atoms with Gasteiger partial charge in [-0.3, -0.25) is 4.79 Å². The molecule has 122 valence electrons. The number of hydrogen-bond acceptors (Lipinski definition) is 3. The quantitative estimate of drug-likeness (QED) is 0.547. The third kappa shape index (κ3) is 5.54. The fourth-order valence-corrected chi connectivity index (χ4v) is 2.85. The van der Waals surface area contributed by atoms with Gasteiger partial charge in [0.15, 0.2) is 0 Å². The molecule has 0 aliphatic heterocycles. The van der Waals surface area contributed by atoms with Gasteiger partial charge >= 0.3 is 0 Å². The number of carbonyl (C=O) groups is 1. The first-order chi connectivity index (χ1) is 10.5. The van der Waals surface area contributed by atoms with Gasteiger partial charge in [-0.25, -0.2) is 9.78 Å². The van der Waals surface area contributed by atoms with E-state index in [1.165, 1.54) is 19.3 Å². The van der Waals surface area contributed by atoms with E-state index in [2.05, 4.69) is 0 Å². The van der Waals surface area contributed by atoms with E-state index < -0.39 is 0 Å². The average Bonchev–Trinajstić information content (AvgIpc) is 2.52. The Labute approximate surface area is 133 Å². The largest absolute Gasteiger partial charge is 0.299 e. The Morgan fingerprint density at radius 2 is 1.77 bits per heavy atom. The smallest absolute Gasteiger partial charge is 0.139 e. The molecule has 0 amide bonds. The average molecular weight is 304 g/mol. The molecule has 1 atom stereocenters. The summed E-state index contributed by atoms with van der Waals surface area (Å²) >= 11 is 0. The van der Waals surface area contributed by atoms with Crippen LogP contribution in [0.25, 0.3) is 0 Å². The molecule has 1 saturated carbocycles. The third-order valence-corrected chi connectivity index (χ3v) is 4.03. The zero-order valence-electron chi connectivity index (χ0n) is 14.0. The van der Waals surface area contributed by atoms with Crippen LogP contribution < -0.4 is 0 Å². The van der Waals surface area contributed by atoms with Crippen molar-refractivity contribution in [1.29, 1.82) is 0 Å². The highest BCUT2D eigenvalue weighted by molar-refractivity contribution is 5.81.